The highest BCUT2D eigenvalue weighted by atomic mass is 35.5. The summed E-state index contributed by atoms with van der Waals surface area (Å²) in [6.45, 7) is 4.46. The first-order valence-corrected chi connectivity index (χ1v) is 9.39. The van der Waals surface area contributed by atoms with E-state index in [1.807, 2.05) is 43.3 Å². The van der Waals surface area contributed by atoms with Gasteiger partial charge in [0, 0.05) is 17.8 Å². The van der Waals surface area contributed by atoms with Crippen LogP contribution < -0.4 is 17.2 Å². The Hall–Kier alpha value is -2.89. The lowest BCUT2D eigenvalue weighted by molar-refractivity contribution is 0.894. The van der Waals surface area contributed by atoms with Gasteiger partial charge in [-0.05, 0) is 59.4 Å². The number of hydrogen-bond donors (Lipinski definition) is 2. The van der Waals surface area contributed by atoms with Crippen LogP contribution in [0, 0.1) is 6.92 Å². The second-order valence-corrected chi connectivity index (χ2v) is 7.24. The number of nitrogens with zero attached hydrogens (tertiary/aromatic N) is 2. The molecular formula is C22H23ClN4O. The van der Waals surface area contributed by atoms with Gasteiger partial charge in [-0.1, -0.05) is 48.9 Å². The summed E-state index contributed by atoms with van der Waals surface area (Å²) in [5.74, 6) is 0.383. The predicted octanol–water partition coefficient (Wildman–Crippen LogP) is 4.05. The minimum Gasteiger partial charge on any atom is -0.383 e. The molecule has 0 spiro atoms. The molecule has 5 nitrogen and oxygen atoms in total. The number of anilines is 1. The van der Waals surface area contributed by atoms with E-state index in [-0.39, 0.29) is 11.7 Å². The van der Waals surface area contributed by atoms with Crippen molar-refractivity contribution in [1.29, 1.82) is 0 Å². The van der Waals surface area contributed by atoms with Gasteiger partial charge in [-0.2, -0.15) is 4.98 Å². The van der Waals surface area contributed by atoms with Crippen LogP contribution in [-0.2, 0) is 6.54 Å². The van der Waals surface area contributed by atoms with Crippen molar-refractivity contribution in [2.24, 2.45) is 5.73 Å². The van der Waals surface area contributed by atoms with Gasteiger partial charge >= 0.3 is 5.69 Å². The van der Waals surface area contributed by atoms with Gasteiger partial charge in [-0.15, -0.1) is 0 Å². The summed E-state index contributed by atoms with van der Waals surface area (Å²) >= 11 is 6.18. The molecule has 0 fully saturated rings. The number of aromatic nitrogens is 2. The third-order valence-electron chi connectivity index (χ3n) is 4.58. The lowest BCUT2D eigenvalue weighted by Gasteiger charge is -2.12. The van der Waals surface area contributed by atoms with E-state index in [4.69, 9.17) is 23.1 Å². The highest BCUT2D eigenvalue weighted by Crippen LogP contribution is 2.24. The van der Waals surface area contributed by atoms with Gasteiger partial charge in [0.25, 0.3) is 0 Å². The molecule has 1 unspecified atom stereocenters. The molecule has 0 saturated carbocycles. The number of aryl methyl sites for hydroxylation is 1. The van der Waals surface area contributed by atoms with Gasteiger partial charge in [0.15, 0.2) is 0 Å². The van der Waals surface area contributed by atoms with Gasteiger partial charge in [-0.25, -0.2) is 4.79 Å². The van der Waals surface area contributed by atoms with Crippen molar-refractivity contribution >= 4 is 23.5 Å². The van der Waals surface area contributed by atoms with Crippen molar-refractivity contribution in [1.82, 2.24) is 9.55 Å². The van der Waals surface area contributed by atoms with Crippen LogP contribution in [0.4, 0.5) is 5.82 Å². The monoisotopic (exact) mass is 394 g/mol. The summed E-state index contributed by atoms with van der Waals surface area (Å²) in [4.78, 5) is 16.0. The normalized spacial score (nSPS) is 12.4. The maximum absolute atomic E-state index is 12.2. The lowest BCUT2D eigenvalue weighted by atomic mass is 9.98. The van der Waals surface area contributed by atoms with Gasteiger partial charge in [0.2, 0.25) is 0 Å². The maximum Gasteiger partial charge on any atom is 0.354 e. The topological polar surface area (TPSA) is 86.9 Å². The maximum atomic E-state index is 12.2. The van der Waals surface area contributed by atoms with Crippen LogP contribution in [0.2, 0.25) is 5.02 Å². The zero-order valence-corrected chi connectivity index (χ0v) is 16.6. The molecule has 3 aromatic rings. The van der Waals surface area contributed by atoms with Gasteiger partial charge in [0.05, 0.1) is 5.69 Å². The minimum absolute atomic E-state index is 0.191. The van der Waals surface area contributed by atoms with E-state index in [0.717, 1.165) is 27.3 Å². The molecule has 3 rings (SSSR count). The zero-order valence-electron chi connectivity index (χ0n) is 15.9. The molecule has 1 aromatic heterocycles. The zero-order chi connectivity index (χ0) is 20.3. The van der Waals surface area contributed by atoms with Crippen molar-refractivity contribution < 1.29 is 0 Å². The van der Waals surface area contributed by atoms with E-state index >= 15 is 0 Å². The highest BCUT2D eigenvalue weighted by Gasteiger charge is 2.08. The Bertz CT molecular complexity index is 1070. The first-order valence-electron chi connectivity index (χ1n) is 9.01. The van der Waals surface area contributed by atoms with Crippen LogP contribution in [0.1, 0.15) is 35.1 Å². The Morgan fingerprint density at radius 1 is 1.21 bits per heavy atom. The fourth-order valence-electron chi connectivity index (χ4n) is 3.08. The Labute approximate surface area is 169 Å². The fraction of sp³-hybridized carbons (Fsp3) is 0.182. The number of nitrogens with two attached hydrogens (primary N) is 2. The average molecular weight is 395 g/mol. The second kappa shape index (κ2) is 8.42. The molecule has 2 aromatic carbocycles. The molecule has 1 heterocycles. The number of benzene rings is 2. The molecule has 0 aliphatic heterocycles. The van der Waals surface area contributed by atoms with Crippen molar-refractivity contribution in [2.45, 2.75) is 26.3 Å². The van der Waals surface area contributed by atoms with Crippen LogP contribution >= 0.6 is 11.6 Å². The van der Waals surface area contributed by atoms with E-state index in [2.05, 4.69) is 24.1 Å². The molecule has 0 amide bonds. The summed E-state index contributed by atoms with van der Waals surface area (Å²) < 4.78 is 1.46. The van der Waals surface area contributed by atoms with Gasteiger partial charge < -0.3 is 11.5 Å². The first-order chi connectivity index (χ1) is 13.4. The van der Waals surface area contributed by atoms with Gasteiger partial charge in [-0.3, -0.25) is 4.57 Å². The summed E-state index contributed by atoms with van der Waals surface area (Å²) in [7, 11) is 0. The van der Waals surface area contributed by atoms with Crippen molar-refractivity contribution in [3.05, 3.63) is 92.5 Å². The van der Waals surface area contributed by atoms with Crippen LogP contribution in [0.5, 0.6) is 0 Å². The third-order valence-corrected chi connectivity index (χ3v) is 4.80. The van der Waals surface area contributed by atoms with Gasteiger partial charge in [0.1, 0.15) is 5.82 Å². The fourth-order valence-corrected chi connectivity index (χ4v) is 3.37. The first kappa shape index (κ1) is 19.9. The van der Waals surface area contributed by atoms with E-state index < -0.39 is 5.69 Å². The number of allylic oxidation sites excluding steroid dienone is 1. The Kier molecular flexibility index (Phi) is 5.97. The molecule has 0 aliphatic carbocycles. The largest absolute Gasteiger partial charge is 0.383 e. The molecule has 0 bridgehead atoms. The standard InChI is InChI=1S/C22H23ClN4O/c1-14-9-18(12-19(23)10-14)15(2)3-4-16-5-6-17(13-24)20(11-16)27-8-7-21(25)26-22(27)28/h3-12,15H,13,24H2,1-2H3,(H2,25,26,28)/b4-3+. The number of hydrogen-bond acceptors (Lipinski definition) is 4. The molecule has 0 radical (unpaired) electrons. The van der Waals surface area contributed by atoms with Crippen LogP contribution in [-0.4, -0.2) is 9.55 Å². The molecule has 0 aliphatic rings. The summed E-state index contributed by atoms with van der Waals surface area (Å²) in [5.41, 5.74) is 15.8. The minimum atomic E-state index is -0.432. The summed E-state index contributed by atoms with van der Waals surface area (Å²) in [6, 6.07) is 13.5. The summed E-state index contributed by atoms with van der Waals surface area (Å²) in [5, 5.41) is 0.736. The molecule has 6 heteroatoms. The quantitative estimate of drug-likeness (QED) is 0.683. The highest BCUT2D eigenvalue weighted by molar-refractivity contribution is 6.30. The summed E-state index contributed by atoms with van der Waals surface area (Å²) in [6.07, 6.45) is 5.75. The smallest absolute Gasteiger partial charge is 0.354 e. The molecule has 1 atom stereocenters. The van der Waals surface area contributed by atoms with Crippen LogP contribution in [0.25, 0.3) is 11.8 Å². The molecular weight excluding hydrogens is 372 g/mol. The van der Waals surface area contributed by atoms with E-state index in [9.17, 15) is 4.79 Å². The lowest BCUT2D eigenvalue weighted by Crippen LogP contribution is -2.23. The van der Waals surface area contributed by atoms with Crippen molar-refractivity contribution in [2.75, 3.05) is 5.73 Å². The number of halogens is 1. The van der Waals surface area contributed by atoms with Crippen LogP contribution in [0.15, 0.2) is 59.5 Å². The Morgan fingerprint density at radius 2 is 2.00 bits per heavy atom. The van der Waals surface area contributed by atoms with Crippen LogP contribution in [0.3, 0.4) is 0 Å². The molecule has 0 saturated heterocycles. The third kappa shape index (κ3) is 4.50. The van der Waals surface area contributed by atoms with Crippen molar-refractivity contribution in [3.8, 4) is 5.69 Å². The van der Waals surface area contributed by atoms with Crippen molar-refractivity contribution in [3.63, 3.8) is 0 Å². The SMILES string of the molecule is Cc1cc(Cl)cc(C(C)/C=C/c2ccc(CN)c(-n3ccc(N)nc3=O)c2)c1. The predicted molar refractivity (Wildman–Crippen MR) is 116 cm³/mol. The molecule has 28 heavy (non-hydrogen) atoms. The van der Waals surface area contributed by atoms with E-state index in [0.29, 0.717) is 12.2 Å². The molecule has 144 valence electrons. The Morgan fingerprint density at radius 3 is 2.68 bits per heavy atom. The number of rotatable bonds is 5. The number of nitrogen functional groups attached to an aromatic ring is 1. The molecule has 4 N–H and O–H groups in total. The second-order valence-electron chi connectivity index (χ2n) is 6.81. The average Bonchev–Trinajstić information content (AvgIpc) is 2.65. The Balaban J connectivity index is 1.95. The van der Waals surface area contributed by atoms with E-state index in [1.165, 1.54) is 4.57 Å². The van der Waals surface area contributed by atoms with E-state index in [1.54, 1.807) is 12.3 Å².